The molecule has 27 heavy (non-hydrogen) atoms. The number of aryl methyl sites for hydroxylation is 1. The van der Waals surface area contributed by atoms with Crippen molar-refractivity contribution < 1.29 is 13.2 Å². The Kier molecular flexibility index (Phi) is 6.17. The quantitative estimate of drug-likeness (QED) is 0.701. The van der Waals surface area contributed by atoms with Gasteiger partial charge in [-0.2, -0.15) is 0 Å². The van der Waals surface area contributed by atoms with E-state index >= 15 is 0 Å². The van der Waals surface area contributed by atoms with Crippen molar-refractivity contribution in [1.29, 1.82) is 0 Å². The van der Waals surface area contributed by atoms with Crippen molar-refractivity contribution in [3.05, 3.63) is 60.2 Å². The molecule has 0 N–H and O–H groups in total. The number of hydrogen-bond acceptors (Lipinski definition) is 5. The second-order valence-corrected chi connectivity index (χ2v) is 9.93. The molecule has 0 radical (unpaired) electrons. The second-order valence-electron chi connectivity index (χ2n) is 6.67. The molecule has 1 heterocycles. The van der Waals surface area contributed by atoms with E-state index in [1.54, 1.807) is 24.3 Å². The minimum Gasteiger partial charge on any atom is -0.296 e. The van der Waals surface area contributed by atoms with Gasteiger partial charge in [-0.25, -0.2) is 13.4 Å². The lowest BCUT2D eigenvalue weighted by Crippen LogP contribution is -2.34. The van der Waals surface area contributed by atoms with Crippen LogP contribution >= 0.6 is 11.8 Å². The van der Waals surface area contributed by atoms with E-state index in [0.717, 1.165) is 18.4 Å². The zero-order valence-corrected chi connectivity index (χ0v) is 17.1. The average Bonchev–Trinajstić information content (AvgIpc) is 2.97. The maximum atomic E-state index is 13.3. The van der Waals surface area contributed by atoms with Gasteiger partial charge >= 0.3 is 0 Å². The topological polar surface area (TPSA) is 63.6 Å². The van der Waals surface area contributed by atoms with Crippen LogP contribution < -0.4 is 0 Å². The number of rotatable bonds is 6. The molecule has 1 aliphatic heterocycles. The van der Waals surface area contributed by atoms with Crippen LogP contribution in [-0.4, -0.2) is 29.7 Å². The third kappa shape index (κ3) is 4.33. The number of Topliss-reactive ketones (excluding diaryl/α,β-unsaturated/α-hetero) is 1. The van der Waals surface area contributed by atoms with Crippen LogP contribution in [0.25, 0.3) is 0 Å². The summed E-state index contributed by atoms with van der Waals surface area (Å²) in [6.07, 6.45) is 2.53. The van der Waals surface area contributed by atoms with Gasteiger partial charge in [0.1, 0.15) is 5.04 Å². The van der Waals surface area contributed by atoms with Crippen molar-refractivity contribution in [2.75, 3.05) is 0 Å². The molecule has 2 aromatic rings. The van der Waals surface area contributed by atoms with Crippen LogP contribution in [0.3, 0.4) is 0 Å². The average molecular weight is 402 g/mol. The molecular formula is C21H23NO3S2. The van der Waals surface area contributed by atoms with E-state index in [1.807, 2.05) is 37.3 Å². The van der Waals surface area contributed by atoms with Gasteiger partial charge in [0.15, 0.2) is 20.9 Å². The molecule has 1 fully saturated rings. The van der Waals surface area contributed by atoms with Crippen LogP contribution in [0.2, 0.25) is 0 Å². The number of nitrogens with zero attached hydrogens (tertiary/aromatic N) is 1. The first-order valence-electron chi connectivity index (χ1n) is 9.08. The SMILES string of the molecule is CCCC[C@H]1SC(=Nc2ccccc2)[C@H](S(=O)(=O)c2ccc(C)cc2)C1=O. The van der Waals surface area contributed by atoms with Crippen LogP contribution in [0.1, 0.15) is 31.7 Å². The summed E-state index contributed by atoms with van der Waals surface area (Å²) in [4.78, 5) is 17.7. The molecule has 2 atom stereocenters. The number of hydrogen-bond donors (Lipinski definition) is 0. The standard InChI is InChI=1S/C21H23NO3S2/c1-3-4-10-18-19(23)20(21(26-18)22-16-8-6-5-7-9-16)27(24,25)17-13-11-15(2)12-14-17/h5-9,11-14,18,20H,3-4,10H2,1-2H3/t18-,20-/m1/s1. The molecule has 1 aliphatic rings. The maximum Gasteiger partial charge on any atom is 0.194 e. The molecule has 6 heteroatoms. The summed E-state index contributed by atoms with van der Waals surface area (Å²) in [6, 6.07) is 15.8. The van der Waals surface area contributed by atoms with Crippen LogP contribution in [0.4, 0.5) is 5.69 Å². The Morgan fingerprint density at radius 1 is 1.04 bits per heavy atom. The number of aliphatic imine (C=N–C) groups is 1. The summed E-state index contributed by atoms with van der Waals surface area (Å²) in [6.45, 7) is 3.96. The van der Waals surface area contributed by atoms with E-state index in [2.05, 4.69) is 11.9 Å². The van der Waals surface area contributed by atoms with E-state index in [1.165, 1.54) is 11.8 Å². The van der Waals surface area contributed by atoms with Gasteiger partial charge in [-0.15, -0.1) is 0 Å². The Morgan fingerprint density at radius 2 is 1.70 bits per heavy atom. The molecule has 0 aromatic heterocycles. The third-order valence-electron chi connectivity index (χ3n) is 4.54. The smallest absolute Gasteiger partial charge is 0.194 e. The highest BCUT2D eigenvalue weighted by Gasteiger charge is 2.48. The largest absolute Gasteiger partial charge is 0.296 e. The lowest BCUT2D eigenvalue weighted by molar-refractivity contribution is -0.116. The zero-order chi connectivity index (χ0) is 19.4. The van der Waals surface area contributed by atoms with Gasteiger partial charge in [0.2, 0.25) is 0 Å². The van der Waals surface area contributed by atoms with Gasteiger partial charge in [0.05, 0.1) is 15.8 Å². The number of sulfone groups is 1. The molecule has 0 bridgehead atoms. The summed E-state index contributed by atoms with van der Waals surface area (Å²) in [5.74, 6) is -0.247. The zero-order valence-electron chi connectivity index (χ0n) is 15.5. The van der Waals surface area contributed by atoms with Crippen molar-refractivity contribution in [3.63, 3.8) is 0 Å². The summed E-state index contributed by atoms with van der Waals surface area (Å²) in [7, 11) is -3.83. The van der Waals surface area contributed by atoms with Crippen molar-refractivity contribution in [1.82, 2.24) is 0 Å². The fourth-order valence-electron chi connectivity index (χ4n) is 3.01. The summed E-state index contributed by atoms with van der Waals surface area (Å²) < 4.78 is 26.5. The first-order chi connectivity index (χ1) is 12.9. The second kappa shape index (κ2) is 8.40. The highest BCUT2D eigenvalue weighted by Crippen LogP contribution is 2.37. The maximum absolute atomic E-state index is 13.3. The minimum atomic E-state index is -3.83. The number of thioether (sulfide) groups is 1. The van der Waals surface area contributed by atoms with Crippen molar-refractivity contribution >= 4 is 38.1 Å². The molecule has 4 nitrogen and oxygen atoms in total. The molecule has 0 spiro atoms. The van der Waals surface area contributed by atoms with E-state index in [9.17, 15) is 13.2 Å². The van der Waals surface area contributed by atoms with Gasteiger partial charge in [-0.3, -0.25) is 4.79 Å². The molecule has 1 saturated heterocycles. The Hall–Kier alpha value is -1.92. The van der Waals surface area contributed by atoms with Gasteiger partial charge in [-0.05, 0) is 37.6 Å². The number of ketones is 1. The van der Waals surface area contributed by atoms with Crippen LogP contribution in [0, 0.1) is 6.92 Å². The first-order valence-corrected chi connectivity index (χ1v) is 11.5. The predicted molar refractivity (Wildman–Crippen MR) is 112 cm³/mol. The van der Waals surface area contributed by atoms with Gasteiger partial charge in [0.25, 0.3) is 0 Å². The Balaban J connectivity index is 2.03. The molecule has 2 aromatic carbocycles. The highest BCUT2D eigenvalue weighted by atomic mass is 32.2. The molecule has 0 unspecified atom stereocenters. The molecular weight excluding hydrogens is 378 g/mol. The Bertz CT molecular complexity index is 935. The molecule has 3 rings (SSSR count). The fraction of sp³-hybridized carbons (Fsp3) is 0.333. The summed E-state index contributed by atoms with van der Waals surface area (Å²) in [5.41, 5.74) is 1.63. The van der Waals surface area contributed by atoms with E-state index < -0.39 is 15.1 Å². The number of unbranched alkanes of at least 4 members (excludes halogenated alkanes) is 1. The van der Waals surface area contributed by atoms with E-state index in [-0.39, 0.29) is 15.9 Å². The monoisotopic (exact) mass is 401 g/mol. The van der Waals surface area contributed by atoms with Gasteiger partial charge in [-0.1, -0.05) is 67.4 Å². The van der Waals surface area contributed by atoms with Gasteiger partial charge < -0.3 is 0 Å². The molecule has 0 aliphatic carbocycles. The fourth-order valence-corrected chi connectivity index (χ4v) is 6.45. The molecule has 142 valence electrons. The highest BCUT2D eigenvalue weighted by molar-refractivity contribution is 8.18. The van der Waals surface area contributed by atoms with Crippen LogP contribution in [0.15, 0.2) is 64.5 Å². The van der Waals surface area contributed by atoms with Crippen LogP contribution in [-0.2, 0) is 14.6 Å². The van der Waals surface area contributed by atoms with Crippen molar-refractivity contribution in [2.24, 2.45) is 4.99 Å². The number of para-hydroxylation sites is 1. The Labute approximate surface area is 165 Å². The number of carbonyl (C=O) groups is 1. The van der Waals surface area contributed by atoms with Crippen molar-refractivity contribution in [2.45, 2.75) is 48.5 Å². The molecule has 0 amide bonds. The summed E-state index contributed by atoms with van der Waals surface area (Å²) in [5, 5.41) is -1.18. The van der Waals surface area contributed by atoms with Gasteiger partial charge in [0, 0.05) is 0 Å². The first kappa shape index (κ1) is 19.8. The van der Waals surface area contributed by atoms with E-state index in [0.29, 0.717) is 17.2 Å². The normalized spacial score (nSPS) is 21.7. The lowest BCUT2D eigenvalue weighted by Gasteiger charge is -2.12. The van der Waals surface area contributed by atoms with Crippen molar-refractivity contribution in [3.8, 4) is 0 Å². The Morgan fingerprint density at radius 3 is 2.33 bits per heavy atom. The van der Waals surface area contributed by atoms with Crippen LogP contribution in [0.5, 0.6) is 0 Å². The summed E-state index contributed by atoms with van der Waals surface area (Å²) >= 11 is 1.31. The molecule has 0 saturated carbocycles. The predicted octanol–water partition coefficient (Wildman–Crippen LogP) is 4.74. The van der Waals surface area contributed by atoms with E-state index in [4.69, 9.17) is 0 Å². The number of benzene rings is 2. The number of carbonyl (C=O) groups excluding carboxylic acids is 1. The third-order valence-corrected chi connectivity index (χ3v) is 8.01. The minimum absolute atomic E-state index is 0.170. The lowest BCUT2D eigenvalue weighted by atomic mass is 10.1.